The number of hydrogen-bond acceptors (Lipinski definition) is 8. The molecule has 4 rings (SSSR count). The van der Waals surface area contributed by atoms with E-state index in [0.29, 0.717) is 16.7 Å². The van der Waals surface area contributed by atoms with E-state index in [1.54, 1.807) is 42.5 Å². The first kappa shape index (κ1) is 24.8. The molecule has 1 aromatic heterocycles. The molecule has 0 saturated heterocycles. The Morgan fingerprint density at radius 1 is 1.00 bits per heavy atom. The van der Waals surface area contributed by atoms with Gasteiger partial charge in [-0.2, -0.15) is 5.10 Å². The van der Waals surface area contributed by atoms with E-state index in [1.165, 1.54) is 24.7 Å². The summed E-state index contributed by atoms with van der Waals surface area (Å²) in [5.41, 5.74) is 5.04. The second-order valence-electron chi connectivity index (χ2n) is 8.00. The molecule has 0 fully saturated rings. The van der Waals surface area contributed by atoms with E-state index in [0.717, 1.165) is 35.3 Å². The lowest BCUT2D eigenvalue weighted by Gasteiger charge is -2.08. The van der Waals surface area contributed by atoms with Crippen LogP contribution in [0.15, 0.2) is 53.6 Å². The molecule has 0 bridgehead atoms. The fourth-order valence-electron chi connectivity index (χ4n) is 3.79. The van der Waals surface area contributed by atoms with E-state index in [-0.39, 0.29) is 10.8 Å². The van der Waals surface area contributed by atoms with Gasteiger partial charge in [0.2, 0.25) is 0 Å². The minimum Gasteiger partial charge on any atom is -0.465 e. The average molecular weight is 506 g/mol. The normalized spacial score (nSPS) is 12.2. The smallest absolute Gasteiger partial charge is 0.343 e. The SMILES string of the molecule is COC(=O)c1c(NC(=O)C(=O)NN=Cc2ccccc2OC(=O)c2cccc(C)c2)sc2c1CCC2. The van der Waals surface area contributed by atoms with Crippen LogP contribution in [0.25, 0.3) is 0 Å². The number of carbonyl (C=O) groups is 4. The van der Waals surface area contributed by atoms with Gasteiger partial charge in [0.1, 0.15) is 10.8 Å². The Morgan fingerprint density at radius 3 is 2.58 bits per heavy atom. The summed E-state index contributed by atoms with van der Waals surface area (Å²) >= 11 is 1.27. The number of ether oxygens (including phenoxy) is 2. The van der Waals surface area contributed by atoms with Gasteiger partial charge < -0.3 is 14.8 Å². The monoisotopic (exact) mass is 505 g/mol. The molecule has 0 unspecified atom stereocenters. The van der Waals surface area contributed by atoms with Crippen molar-refractivity contribution in [1.82, 2.24) is 5.43 Å². The molecule has 36 heavy (non-hydrogen) atoms. The number of hydrogen-bond donors (Lipinski definition) is 2. The number of esters is 2. The molecule has 2 N–H and O–H groups in total. The summed E-state index contributed by atoms with van der Waals surface area (Å²) in [6.07, 6.45) is 3.72. The zero-order valence-electron chi connectivity index (χ0n) is 19.6. The third-order valence-electron chi connectivity index (χ3n) is 5.49. The Kier molecular flexibility index (Phi) is 7.55. The van der Waals surface area contributed by atoms with Crippen molar-refractivity contribution in [2.75, 3.05) is 12.4 Å². The number of methoxy groups -OCH3 is 1. The Labute approximate surface area is 211 Å². The van der Waals surface area contributed by atoms with Crippen LogP contribution in [0.3, 0.4) is 0 Å². The molecular formula is C26H23N3O6S. The van der Waals surface area contributed by atoms with Gasteiger partial charge in [0.15, 0.2) is 0 Å². The first-order chi connectivity index (χ1) is 17.4. The molecule has 1 aliphatic carbocycles. The highest BCUT2D eigenvalue weighted by atomic mass is 32.1. The molecule has 184 valence electrons. The third kappa shape index (κ3) is 5.49. The molecule has 2 aromatic carbocycles. The Hall–Kier alpha value is -4.31. The Balaban J connectivity index is 1.41. The van der Waals surface area contributed by atoms with Gasteiger partial charge in [-0.05, 0) is 56.0 Å². The maximum atomic E-state index is 12.5. The Morgan fingerprint density at radius 2 is 1.81 bits per heavy atom. The number of para-hydroxylation sites is 1. The average Bonchev–Trinajstić information content (AvgIpc) is 3.45. The molecular weight excluding hydrogens is 482 g/mol. The molecule has 1 heterocycles. The number of carbonyl (C=O) groups excluding carboxylic acids is 4. The van der Waals surface area contributed by atoms with Gasteiger partial charge >= 0.3 is 23.8 Å². The summed E-state index contributed by atoms with van der Waals surface area (Å²) in [7, 11) is 1.27. The lowest BCUT2D eigenvalue weighted by atomic mass is 10.1. The van der Waals surface area contributed by atoms with Gasteiger partial charge in [-0.1, -0.05) is 29.8 Å². The molecule has 0 spiro atoms. The van der Waals surface area contributed by atoms with Crippen LogP contribution < -0.4 is 15.5 Å². The number of amides is 2. The van der Waals surface area contributed by atoms with E-state index >= 15 is 0 Å². The summed E-state index contributed by atoms with van der Waals surface area (Å²) in [5, 5.41) is 6.59. The van der Waals surface area contributed by atoms with Crippen LogP contribution in [0.5, 0.6) is 5.75 Å². The molecule has 10 heteroatoms. The molecule has 1 aliphatic rings. The summed E-state index contributed by atoms with van der Waals surface area (Å²) in [6.45, 7) is 1.87. The number of benzene rings is 2. The number of nitrogens with one attached hydrogen (secondary N) is 2. The van der Waals surface area contributed by atoms with Crippen molar-refractivity contribution in [3.8, 4) is 5.75 Å². The first-order valence-corrected chi connectivity index (χ1v) is 11.9. The number of anilines is 1. The van der Waals surface area contributed by atoms with Crippen molar-refractivity contribution in [1.29, 1.82) is 0 Å². The minimum absolute atomic E-state index is 0.238. The zero-order valence-corrected chi connectivity index (χ0v) is 20.4. The quantitative estimate of drug-likeness (QED) is 0.173. The van der Waals surface area contributed by atoms with Crippen molar-refractivity contribution < 1.29 is 28.7 Å². The number of aryl methyl sites for hydroxylation is 2. The van der Waals surface area contributed by atoms with Crippen molar-refractivity contribution in [2.24, 2.45) is 5.10 Å². The van der Waals surface area contributed by atoms with Crippen molar-refractivity contribution in [3.63, 3.8) is 0 Å². The summed E-state index contributed by atoms with van der Waals surface area (Å²) in [4.78, 5) is 50.5. The second kappa shape index (κ2) is 11.0. The van der Waals surface area contributed by atoms with Gasteiger partial charge in [-0.15, -0.1) is 11.3 Å². The molecule has 9 nitrogen and oxygen atoms in total. The maximum Gasteiger partial charge on any atom is 0.343 e. The van der Waals surface area contributed by atoms with Gasteiger partial charge in [0.05, 0.1) is 24.5 Å². The highest BCUT2D eigenvalue weighted by Crippen LogP contribution is 2.39. The molecule has 0 aliphatic heterocycles. The van der Waals surface area contributed by atoms with Crippen LogP contribution in [0.1, 0.15) is 48.7 Å². The van der Waals surface area contributed by atoms with Gasteiger partial charge in [-0.3, -0.25) is 9.59 Å². The third-order valence-corrected chi connectivity index (χ3v) is 6.70. The zero-order chi connectivity index (χ0) is 25.7. The van der Waals surface area contributed by atoms with Gasteiger partial charge in [0.25, 0.3) is 0 Å². The van der Waals surface area contributed by atoms with Crippen molar-refractivity contribution in [2.45, 2.75) is 26.2 Å². The van der Waals surface area contributed by atoms with Crippen LogP contribution in [0, 0.1) is 6.92 Å². The minimum atomic E-state index is -1.02. The molecule has 2 amide bonds. The van der Waals surface area contributed by atoms with E-state index < -0.39 is 23.8 Å². The molecule has 0 radical (unpaired) electrons. The molecule has 0 atom stereocenters. The highest BCUT2D eigenvalue weighted by molar-refractivity contribution is 7.17. The highest BCUT2D eigenvalue weighted by Gasteiger charge is 2.29. The Bertz CT molecular complexity index is 1380. The van der Waals surface area contributed by atoms with Crippen LogP contribution in [-0.2, 0) is 27.2 Å². The van der Waals surface area contributed by atoms with E-state index in [9.17, 15) is 19.2 Å². The fourth-order valence-corrected chi connectivity index (χ4v) is 5.06. The van der Waals surface area contributed by atoms with Crippen LogP contribution in [-0.4, -0.2) is 37.1 Å². The molecule has 3 aromatic rings. The lowest BCUT2D eigenvalue weighted by Crippen LogP contribution is -2.32. The summed E-state index contributed by atoms with van der Waals surface area (Å²) in [5.74, 6) is -2.85. The van der Waals surface area contributed by atoms with Crippen molar-refractivity contribution in [3.05, 3.63) is 81.2 Å². The van der Waals surface area contributed by atoms with E-state index in [1.807, 2.05) is 13.0 Å². The summed E-state index contributed by atoms with van der Waals surface area (Å²) in [6, 6.07) is 13.6. The number of thiophene rings is 1. The second-order valence-corrected chi connectivity index (χ2v) is 9.11. The number of rotatable bonds is 6. The first-order valence-electron chi connectivity index (χ1n) is 11.1. The van der Waals surface area contributed by atoms with Crippen LogP contribution in [0.2, 0.25) is 0 Å². The standard InChI is InChI=1S/C26H23N3O6S/c1-15-7-5-9-16(13-15)25(32)35-19-11-4-3-8-17(19)14-27-29-23(31)22(30)28-24-21(26(33)34-2)18-10-6-12-20(18)36-24/h3-5,7-9,11,13-14H,6,10,12H2,1-2H3,(H,28,30)(H,29,31). The van der Waals surface area contributed by atoms with E-state index in [4.69, 9.17) is 9.47 Å². The number of hydrazone groups is 1. The largest absolute Gasteiger partial charge is 0.465 e. The summed E-state index contributed by atoms with van der Waals surface area (Å²) < 4.78 is 10.3. The number of nitrogens with zero attached hydrogens (tertiary/aromatic N) is 1. The topological polar surface area (TPSA) is 123 Å². The maximum absolute atomic E-state index is 12.5. The van der Waals surface area contributed by atoms with Gasteiger partial charge in [0, 0.05) is 10.4 Å². The van der Waals surface area contributed by atoms with E-state index in [2.05, 4.69) is 15.8 Å². The predicted molar refractivity (Wildman–Crippen MR) is 135 cm³/mol. The van der Waals surface area contributed by atoms with Crippen LogP contribution >= 0.6 is 11.3 Å². The molecule has 0 saturated carbocycles. The van der Waals surface area contributed by atoms with Crippen LogP contribution in [0.4, 0.5) is 5.00 Å². The van der Waals surface area contributed by atoms with Gasteiger partial charge in [-0.25, -0.2) is 15.0 Å². The predicted octanol–water partition coefficient (Wildman–Crippen LogP) is 3.64. The number of fused-ring (bicyclic) bond motifs is 1. The lowest BCUT2D eigenvalue weighted by molar-refractivity contribution is -0.136. The van der Waals surface area contributed by atoms with Crippen molar-refractivity contribution >= 4 is 46.3 Å². The fraction of sp³-hybridized carbons (Fsp3) is 0.192.